The predicted octanol–water partition coefficient (Wildman–Crippen LogP) is -0.916. The Hall–Kier alpha value is -1.30. The maximum atomic E-state index is 12.3. The lowest BCUT2D eigenvalue weighted by Gasteiger charge is -2.32. The predicted molar refractivity (Wildman–Crippen MR) is 72.9 cm³/mol. The van der Waals surface area contributed by atoms with Crippen LogP contribution in [0, 0.1) is 0 Å². The third-order valence-electron chi connectivity index (χ3n) is 3.31. The Labute approximate surface area is 126 Å². The number of benzene rings is 1. The largest absolute Gasteiger partial charge is 0.544 e. The standard InChI is InChI=1S/C13H14Cl2N2O3/c14-9-1-2-10(11(15)7-9)13(20)17-5-3-16(4-6-17)8-12(18)19/h1-2,7H,3-6,8H2,(H,18,19). The summed E-state index contributed by atoms with van der Waals surface area (Å²) >= 11 is 11.8. The molecule has 1 amide bonds. The minimum atomic E-state index is -1.07. The fourth-order valence-corrected chi connectivity index (χ4v) is 2.73. The van der Waals surface area contributed by atoms with Gasteiger partial charge in [-0.15, -0.1) is 0 Å². The molecular weight excluding hydrogens is 303 g/mol. The lowest BCUT2D eigenvalue weighted by molar-refractivity contribution is -0.898. The number of nitrogens with one attached hydrogen (secondary N) is 1. The lowest BCUT2D eigenvalue weighted by atomic mass is 10.2. The van der Waals surface area contributed by atoms with Gasteiger partial charge in [-0.2, -0.15) is 0 Å². The maximum absolute atomic E-state index is 12.3. The number of carboxylic acids is 1. The summed E-state index contributed by atoms with van der Waals surface area (Å²) in [5.74, 6) is -1.22. The summed E-state index contributed by atoms with van der Waals surface area (Å²) in [4.78, 5) is 25.4. The molecule has 0 saturated carbocycles. The number of quaternary nitrogens is 1. The molecule has 0 aliphatic carbocycles. The molecule has 0 spiro atoms. The highest BCUT2D eigenvalue weighted by Gasteiger charge is 2.25. The molecule has 5 nitrogen and oxygen atoms in total. The summed E-state index contributed by atoms with van der Waals surface area (Å²) < 4.78 is 0. The Kier molecular flexibility index (Phi) is 4.86. The van der Waals surface area contributed by atoms with Crippen molar-refractivity contribution >= 4 is 35.1 Å². The van der Waals surface area contributed by atoms with Crippen LogP contribution in [0.1, 0.15) is 10.4 Å². The molecule has 1 fully saturated rings. The Morgan fingerprint density at radius 3 is 2.45 bits per heavy atom. The fraction of sp³-hybridized carbons (Fsp3) is 0.385. The van der Waals surface area contributed by atoms with E-state index in [2.05, 4.69) is 0 Å². The van der Waals surface area contributed by atoms with Crippen LogP contribution in [-0.4, -0.2) is 49.5 Å². The van der Waals surface area contributed by atoms with Gasteiger partial charge in [0.1, 0.15) is 6.54 Å². The number of carbonyl (C=O) groups is 2. The molecule has 0 bridgehead atoms. The van der Waals surface area contributed by atoms with Gasteiger partial charge in [0.05, 0.1) is 42.7 Å². The number of carbonyl (C=O) groups excluding carboxylic acids is 2. The van der Waals surface area contributed by atoms with Crippen LogP contribution >= 0.6 is 23.2 Å². The van der Waals surface area contributed by atoms with E-state index in [4.69, 9.17) is 23.2 Å². The summed E-state index contributed by atoms with van der Waals surface area (Å²) in [7, 11) is 0. The van der Waals surface area contributed by atoms with Gasteiger partial charge < -0.3 is 19.7 Å². The van der Waals surface area contributed by atoms with E-state index >= 15 is 0 Å². The summed E-state index contributed by atoms with van der Waals surface area (Å²) in [6.07, 6.45) is 0. The van der Waals surface area contributed by atoms with Crippen LogP contribution in [0.3, 0.4) is 0 Å². The average molecular weight is 317 g/mol. The zero-order valence-electron chi connectivity index (χ0n) is 10.7. The zero-order chi connectivity index (χ0) is 14.7. The number of nitrogens with zero attached hydrogens (tertiary/aromatic N) is 1. The van der Waals surface area contributed by atoms with Crippen molar-refractivity contribution in [1.29, 1.82) is 0 Å². The number of rotatable bonds is 3. The summed E-state index contributed by atoms with van der Waals surface area (Å²) in [6.45, 7) is 2.15. The van der Waals surface area contributed by atoms with Gasteiger partial charge in [0, 0.05) is 5.02 Å². The van der Waals surface area contributed by atoms with Gasteiger partial charge in [0.2, 0.25) is 0 Å². The van der Waals surface area contributed by atoms with Crippen LogP contribution in [0.25, 0.3) is 0 Å². The number of aliphatic carboxylic acids is 1. The lowest BCUT2D eigenvalue weighted by Crippen LogP contribution is -3.16. The van der Waals surface area contributed by atoms with Gasteiger partial charge in [-0.05, 0) is 18.2 Å². The van der Waals surface area contributed by atoms with Gasteiger partial charge in [-0.1, -0.05) is 23.2 Å². The van der Waals surface area contributed by atoms with E-state index in [1.807, 2.05) is 0 Å². The molecule has 0 unspecified atom stereocenters. The first-order valence-electron chi connectivity index (χ1n) is 6.25. The molecule has 108 valence electrons. The highest BCUT2D eigenvalue weighted by Crippen LogP contribution is 2.22. The first kappa shape index (κ1) is 15.1. The molecule has 20 heavy (non-hydrogen) atoms. The van der Waals surface area contributed by atoms with Crippen molar-refractivity contribution in [1.82, 2.24) is 4.90 Å². The van der Waals surface area contributed by atoms with E-state index in [9.17, 15) is 14.7 Å². The number of amides is 1. The van der Waals surface area contributed by atoms with Crippen molar-refractivity contribution in [3.8, 4) is 0 Å². The average Bonchev–Trinajstić information content (AvgIpc) is 2.38. The maximum Gasteiger partial charge on any atom is 0.255 e. The van der Waals surface area contributed by atoms with Gasteiger partial charge in [-0.25, -0.2) is 0 Å². The quantitative estimate of drug-likeness (QED) is 0.785. The van der Waals surface area contributed by atoms with Crippen LogP contribution in [0.4, 0.5) is 0 Å². The molecule has 1 aromatic carbocycles. The normalized spacial score (nSPS) is 16.2. The van der Waals surface area contributed by atoms with Crippen LogP contribution in [-0.2, 0) is 4.79 Å². The Balaban J connectivity index is 1.99. The molecule has 1 saturated heterocycles. The highest BCUT2D eigenvalue weighted by atomic mass is 35.5. The van der Waals surface area contributed by atoms with Gasteiger partial charge >= 0.3 is 0 Å². The first-order chi connectivity index (χ1) is 9.47. The minimum Gasteiger partial charge on any atom is -0.544 e. The minimum absolute atomic E-state index is 0.0241. The number of hydrogen-bond donors (Lipinski definition) is 1. The second-order valence-corrected chi connectivity index (χ2v) is 5.56. The first-order valence-corrected chi connectivity index (χ1v) is 7.00. The summed E-state index contributed by atoms with van der Waals surface area (Å²) in [5.41, 5.74) is 0.416. The van der Waals surface area contributed by atoms with E-state index in [0.717, 1.165) is 4.90 Å². The monoisotopic (exact) mass is 316 g/mol. The third-order valence-corrected chi connectivity index (χ3v) is 3.86. The van der Waals surface area contributed by atoms with Gasteiger partial charge in [0.15, 0.2) is 0 Å². The number of hydrogen-bond acceptors (Lipinski definition) is 3. The smallest absolute Gasteiger partial charge is 0.255 e. The van der Waals surface area contributed by atoms with E-state index in [-0.39, 0.29) is 12.5 Å². The molecule has 1 heterocycles. The third kappa shape index (κ3) is 3.62. The molecule has 0 aromatic heterocycles. The molecule has 2 rings (SSSR count). The van der Waals surface area contributed by atoms with Crippen molar-refractivity contribution in [2.45, 2.75) is 0 Å². The summed E-state index contributed by atoms with van der Waals surface area (Å²) in [6, 6.07) is 4.76. The molecule has 1 aromatic rings. The Bertz CT molecular complexity index is 528. The molecular formula is C13H14Cl2N2O3. The van der Waals surface area contributed by atoms with Crippen molar-refractivity contribution in [2.24, 2.45) is 0 Å². The van der Waals surface area contributed by atoms with Crippen molar-refractivity contribution < 1.29 is 19.6 Å². The second kappa shape index (κ2) is 6.43. The SMILES string of the molecule is O=C([O-])C[NH+]1CCN(C(=O)c2ccc(Cl)cc2Cl)CC1. The number of halogens is 2. The highest BCUT2D eigenvalue weighted by molar-refractivity contribution is 6.36. The van der Waals surface area contributed by atoms with E-state index in [1.54, 1.807) is 17.0 Å². The number of carboxylic acid groups (broad SMARTS) is 1. The topological polar surface area (TPSA) is 64.9 Å². The van der Waals surface area contributed by atoms with Crippen LogP contribution < -0.4 is 10.0 Å². The molecule has 0 radical (unpaired) electrons. The zero-order valence-corrected chi connectivity index (χ0v) is 12.2. The second-order valence-electron chi connectivity index (χ2n) is 4.72. The van der Waals surface area contributed by atoms with Crippen molar-refractivity contribution in [2.75, 3.05) is 32.7 Å². The van der Waals surface area contributed by atoms with Crippen LogP contribution in [0.15, 0.2) is 18.2 Å². The molecule has 1 aliphatic rings. The fourth-order valence-electron chi connectivity index (χ4n) is 2.24. The Morgan fingerprint density at radius 2 is 1.90 bits per heavy atom. The molecule has 1 N–H and O–H groups in total. The molecule has 1 aliphatic heterocycles. The molecule has 0 atom stereocenters. The van der Waals surface area contributed by atoms with E-state index in [0.29, 0.717) is 41.8 Å². The van der Waals surface area contributed by atoms with E-state index < -0.39 is 5.97 Å². The Morgan fingerprint density at radius 1 is 1.25 bits per heavy atom. The number of piperazine rings is 1. The van der Waals surface area contributed by atoms with Crippen LogP contribution in [0.2, 0.25) is 10.0 Å². The van der Waals surface area contributed by atoms with Crippen LogP contribution in [0.5, 0.6) is 0 Å². The van der Waals surface area contributed by atoms with Crippen molar-refractivity contribution in [3.05, 3.63) is 33.8 Å². The molecule has 7 heteroatoms. The van der Waals surface area contributed by atoms with Crippen molar-refractivity contribution in [3.63, 3.8) is 0 Å². The summed E-state index contributed by atoms with van der Waals surface area (Å²) in [5, 5.41) is 11.3. The van der Waals surface area contributed by atoms with Gasteiger partial charge in [-0.3, -0.25) is 4.79 Å². The van der Waals surface area contributed by atoms with Gasteiger partial charge in [0.25, 0.3) is 5.91 Å². The van der Waals surface area contributed by atoms with E-state index in [1.165, 1.54) is 6.07 Å².